The van der Waals surface area contributed by atoms with Crippen molar-refractivity contribution in [1.29, 1.82) is 0 Å². The predicted molar refractivity (Wildman–Crippen MR) is 63.4 cm³/mol. The van der Waals surface area contributed by atoms with E-state index in [1.807, 2.05) is 13.8 Å². The number of rotatable bonds is 4. The molecular formula is C12H21N3O2. The van der Waals surface area contributed by atoms with E-state index in [1.54, 1.807) is 0 Å². The Bertz CT molecular complexity index is 358. The van der Waals surface area contributed by atoms with Crippen LogP contribution in [0.15, 0.2) is 4.52 Å². The lowest BCUT2D eigenvalue weighted by Gasteiger charge is -2.30. The molecule has 1 saturated heterocycles. The van der Waals surface area contributed by atoms with Gasteiger partial charge in [-0.05, 0) is 32.6 Å². The first-order chi connectivity index (χ1) is 8.14. The molecule has 1 aromatic rings. The van der Waals surface area contributed by atoms with Crippen LogP contribution in [0.3, 0.4) is 0 Å². The van der Waals surface area contributed by atoms with Gasteiger partial charge in [0.2, 0.25) is 11.7 Å². The molecular weight excluding hydrogens is 218 g/mol. The zero-order valence-corrected chi connectivity index (χ0v) is 10.6. The summed E-state index contributed by atoms with van der Waals surface area (Å²) >= 11 is 0. The van der Waals surface area contributed by atoms with E-state index in [1.165, 1.54) is 0 Å². The van der Waals surface area contributed by atoms with Crippen LogP contribution >= 0.6 is 0 Å². The van der Waals surface area contributed by atoms with Gasteiger partial charge in [-0.2, -0.15) is 4.98 Å². The summed E-state index contributed by atoms with van der Waals surface area (Å²) in [6.45, 7) is 4.85. The molecule has 1 fully saturated rings. The number of nitrogens with zero attached hydrogens (tertiary/aromatic N) is 2. The molecule has 5 heteroatoms. The van der Waals surface area contributed by atoms with Crippen LogP contribution in [0.25, 0.3) is 0 Å². The molecule has 0 bridgehead atoms. The van der Waals surface area contributed by atoms with Gasteiger partial charge in [0.1, 0.15) is 5.60 Å². The van der Waals surface area contributed by atoms with Gasteiger partial charge in [0.15, 0.2) is 0 Å². The fourth-order valence-corrected chi connectivity index (χ4v) is 2.03. The minimum Gasteiger partial charge on any atom is -0.367 e. The van der Waals surface area contributed by atoms with E-state index in [9.17, 15) is 0 Å². The van der Waals surface area contributed by atoms with E-state index in [-0.39, 0.29) is 11.6 Å². The van der Waals surface area contributed by atoms with Crippen molar-refractivity contribution >= 4 is 0 Å². The van der Waals surface area contributed by atoms with Crippen molar-refractivity contribution in [3.8, 4) is 0 Å². The van der Waals surface area contributed by atoms with Gasteiger partial charge < -0.3 is 15.0 Å². The zero-order valence-electron chi connectivity index (χ0n) is 10.6. The molecule has 0 aromatic carbocycles. The quantitative estimate of drug-likeness (QED) is 0.866. The van der Waals surface area contributed by atoms with Gasteiger partial charge in [-0.3, -0.25) is 0 Å². The number of ether oxygens (including phenoxy) is 1. The molecule has 2 heterocycles. The van der Waals surface area contributed by atoms with Crippen LogP contribution in [-0.2, 0) is 16.8 Å². The molecule has 2 unspecified atom stereocenters. The Hall–Kier alpha value is -0.940. The van der Waals surface area contributed by atoms with E-state index in [0.717, 1.165) is 32.3 Å². The Morgan fingerprint density at radius 2 is 2.29 bits per heavy atom. The molecule has 2 N–H and O–H groups in total. The average molecular weight is 239 g/mol. The highest BCUT2D eigenvalue weighted by Gasteiger charge is 2.34. The molecule has 1 aliphatic heterocycles. The maximum atomic E-state index is 5.87. The van der Waals surface area contributed by atoms with Crippen molar-refractivity contribution in [3.05, 3.63) is 11.7 Å². The number of hydrogen-bond donors (Lipinski definition) is 1. The summed E-state index contributed by atoms with van der Waals surface area (Å²) < 4.78 is 11.0. The standard InChI is InChI=1S/C12H21N3O2/c1-3-9(13)8-10-14-11(15-17-10)12(2)6-4-5-7-16-12/h9H,3-8,13H2,1-2H3. The van der Waals surface area contributed by atoms with E-state index >= 15 is 0 Å². The molecule has 2 rings (SSSR count). The minimum atomic E-state index is -0.379. The van der Waals surface area contributed by atoms with Crippen LogP contribution in [-0.4, -0.2) is 22.8 Å². The maximum Gasteiger partial charge on any atom is 0.228 e. The largest absolute Gasteiger partial charge is 0.367 e. The van der Waals surface area contributed by atoms with Crippen LogP contribution in [0.5, 0.6) is 0 Å². The van der Waals surface area contributed by atoms with Crippen LogP contribution in [0.1, 0.15) is 51.2 Å². The number of nitrogens with two attached hydrogens (primary N) is 1. The van der Waals surface area contributed by atoms with Gasteiger partial charge in [0.05, 0.1) is 0 Å². The summed E-state index contributed by atoms with van der Waals surface area (Å²) in [4.78, 5) is 4.41. The molecule has 1 aliphatic rings. The molecule has 0 radical (unpaired) electrons. The minimum absolute atomic E-state index is 0.0865. The van der Waals surface area contributed by atoms with E-state index in [2.05, 4.69) is 10.1 Å². The molecule has 0 amide bonds. The summed E-state index contributed by atoms with van der Waals surface area (Å²) in [5.41, 5.74) is 5.49. The molecule has 0 spiro atoms. The molecule has 0 saturated carbocycles. The predicted octanol–water partition coefficient (Wildman–Crippen LogP) is 1.77. The van der Waals surface area contributed by atoms with E-state index in [4.69, 9.17) is 15.0 Å². The molecule has 2 atom stereocenters. The lowest BCUT2D eigenvalue weighted by Crippen LogP contribution is -2.31. The summed E-state index contributed by atoms with van der Waals surface area (Å²) in [6.07, 6.45) is 4.76. The Morgan fingerprint density at radius 1 is 1.47 bits per heavy atom. The second-order valence-electron chi connectivity index (χ2n) is 4.92. The topological polar surface area (TPSA) is 74.2 Å². The van der Waals surface area contributed by atoms with Crippen LogP contribution in [0, 0.1) is 0 Å². The monoisotopic (exact) mass is 239 g/mol. The Kier molecular flexibility index (Phi) is 3.79. The van der Waals surface area contributed by atoms with Gasteiger partial charge in [0.25, 0.3) is 0 Å². The SMILES string of the molecule is CCC(N)Cc1nc(C2(C)CCCCO2)no1. The van der Waals surface area contributed by atoms with Crippen molar-refractivity contribution in [2.75, 3.05) is 6.61 Å². The second-order valence-corrected chi connectivity index (χ2v) is 4.92. The molecule has 17 heavy (non-hydrogen) atoms. The van der Waals surface area contributed by atoms with Crippen molar-refractivity contribution in [2.45, 2.75) is 57.6 Å². The Labute approximate surface area is 102 Å². The van der Waals surface area contributed by atoms with Gasteiger partial charge in [-0.15, -0.1) is 0 Å². The Balaban J connectivity index is 2.06. The first-order valence-electron chi connectivity index (χ1n) is 6.36. The van der Waals surface area contributed by atoms with Crippen molar-refractivity contribution in [3.63, 3.8) is 0 Å². The van der Waals surface area contributed by atoms with Crippen molar-refractivity contribution < 1.29 is 9.26 Å². The summed E-state index contributed by atoms with van der Waals surface area (Å²) in [5.74, 6) is 1.28. The second kappa shape index (κ2) is 5.14. The lowest BCUT2D eigenvalue weighted by atomic mass is 9.95. The summed E-state index contributed by atoms with van der Waals surface area (Å²) in [7, 11) is 0. The lowest BCUT2D eigenvalue weighted by molar-refractivity contribution is -0.0770. The van der Waals surface area contributed by atoms with Gasteiger partial charge in [0, 0.05) is 19.1 Å². The zero-order chi connectivity index (χ0) is 12.3. The number of hydrogen-bond acceptors (Lipinski definition) is 5. The summed E-state index contributed by atoms with van der Waals surface area (Å²) in [5, 5.41) is 4.03. The van der Waals surface area contributed by atoms with E-state index in [0.29, 0.717) is 18.1 Å². The van der Waals surface area contributed by atoms with Crippen LogP contribution in [0.4, 0.5) is 0 Å². The van der Waals surface area contributed by atoms with Crippen molar-refractivity contribution in [1.82, 2.24) is 10.1 Å². The number of aromatic nitrogens is 2. The summed E-state index contributed by atoms with van der Waals surface area (Å²) in [6, 6.07) is 0.0865. The maximum absolute atomic E-state index is 5.87. The third-order valence-electron chi connectivity index (χ3n) is 3.37. The van der Waals surface area contributed by atoms with Crippen LogP contribution < -0.4 is 5.73 Å². The van der Waals surface area contributed by atoms with Gasteiger partial charge in [-0.25, -0.2) is 0 Å². The van der Waals surface area contributed by atoms with Crippen molar-refractivity contribution in [2.24, 2.45) is 5.73 Å². The Morgan fingerprint density at radius 3 is 2.94 bits per heavy atom. The molecule has 5 nitrogen and oxygen atoms in total. The molecule has 1 aromatic heterocycles. The molecule has 0 aliphatic carbocycles. The highest BCUT2D eigenvalue weighted by Crippen LogP contribution is 2.32. The molecule has 96 valence electrons. The fourth-order valence-electron chi connectivity index (χ4n) is 2.03. The van der Waals surface area contributed by atoms with Gasteiger partial charge >= 0.3 is 0 Å². The highest BCUT2D eigenvalue weighted by molar-refractivity contribution is 5.01. The first kappa shape index (κ1) is 12.5. The smallest absolute Gasteiger partial charge is 0.228 e. The van der Waals surface area contributed by atoms with Gasteiger partial charge in [-0.1, -0.05) is 12.1 Å². The fraction of sp³-hybridized carbons (Fsp3) is 0.833. The third kappa shape index (κ3) is 2.84. The first-order valence-corrected chi connectivity index (χ1v) is 6.36. The normalized spacial score (nSPS) is 27.0. The van der Waals surface area contributed by atoms with E-state index < -0.39 is 0 Å². The van der Waals surface area contributed by atoms with Crippen LogP contribution in [0.2, 0.25) is 0 Å². The average Bonchev–Trinajstić information content (AvgIpc) is 2.79. The third-order valence-corrected chi connectivity index (χ3v) is 3.37. The highest BCUT2D eigenvalue weighted by atomic mass is 16.5.